The van der Waals surface area contributed by atoms with E-state index in [0.29, 0.717) is 0 Å². The summed E-state index contributed by atoms with van der Waals surface area (Å²) >= 11 is 8.65. The SMILES string of the molecule is O=C(NNS(=O)(=O)c1c(Cl)cc(F)cc1Br)c1ccccn1. The maximum absolute atomic E-state index is 13.1. The van der Waals surface area contributed by atoms with Gasteiger partial charge in [0.25, 0.3) is 15.9 Å². The third kappa shape index (κ3) is 3.80. The first-order valence-electron chi connectivity index (χ1n) is 5.69. The van der Waals surface area contributed by atoms with Crippen LogP contribution in [-0.2, 0) is 10.0 Å². The minimum absolute atomic E-state index is 0.0227. The Labute approximate surface area is 138 Å². The van der Waals surface area contributed by atoms with Crippen LogP contribution in [0.4, 0.5) is 4.39 Å². The van der Waals surface area contributed by atoms with E-state index >= 15 is 0 Å². The van der Waals surface area contributed by atoms with Gasteiger partial charge < -0.3 is 0 Å². The van der Waals surface area contributed by atoms with Crippen molar-refractivity contribution in [1.29, 1.82) is 0 Å². The van der Waals surface area contributed by atoms with Gasteiger partial charge in [0.15, 0.2) is 0 Å². The van der Waals surface area contributed by atoms with Gasteiger partial charge in [0.05, 0.1) is 5.02 Å². The van der Waals surface area contributed by atoms with Crippen LogP contribution >= 0.6 is 27.5 Å². The number of carbonyl (C=O) groups is 1. The Balaban J connectivity index is 2.21. The Morgan fingerprint density at radius 1 is 1.32 bits per heavy atom. The highest BCUT2D eigenvalue weighted by Gasteiger charge is 2.23. The third-order valence-corrected chi connectivity index (χ3v) is 5.07. The van der Waals surface area contributed by atoms with E-state index in [-0.39, 0.29) is 15.2 Å². The van der Waals surface area contributed by atoms with Crippen molar-refractivity contribution in [2.45, 2.75) is 4.90 Å². The summed E-state index contributed by atoms with van der Waals surface area (Å²) in [6.07, 6.45) is 1.39. The Hall–Kier alpha value is -1.55. The number of hydrogen-bond acceptors (Lipinski definition) is 4. The number of nitrogens with one attached hydrogen (secondary N) is 2. The lowest BCUT2D eigenvalue weighted by Crippen LogP contribution is -2.42. The molecular weight excluding hydrogens is 401 g/mol. The minimum atomic E-state index is -4.20. The highest BCUT2D eigenvalue weighted by molar-refractivity contribution is 9.10. The van der Waals surface area contributed by atoms with Crippen LogP contribution < -0.4 is 10.3 Å². The highest BCUT2D eigenvalue weighted by atomic mass is 79.9. The second kappa shape index (κ2) is 6.69. The first kappa shape index (κ1) is 16.8. The molecule has 6 nitrogen and oxygen atoms in total. The van der Waals surface area contributed by atoms with Crippen LogP contribution in [0.3, 0.4) is 0 Å². The maximum atomic E-state index is 13.1. The van der Waals surface area contributed by atoms with E-state index in [0.717, 1.165) is 12.1 Å². The molecule has 1 aromatic carbocycles. The van der Waals surface area contributed by atoms with Crippen LogP contribution in [0.15, 0.2) is 45.9 Å². The van der Waals surface area contributed by atoms with Gasteiger partial charge in [0.1, 0.15) is 16.4 Å². The van der Waals surface area contributed by atoms with Gasteiger partial charge in [0, 0.05) is 10.7 Å². The van der Waals surface area contributed by atoms with E-state index < -0.39 is 26.6 Å². The molecule has 2 N–H and O–H groups in total. The van der Waals surface area contributed by atoms with Crippen molar-refractivity contribution in [3.8, 4) is 0 Å². The number of rotatable bonds is 4. The molecule has 0 bridgehead atoms. The van der Waals surface area contributed by atoms with Gasteiger partial charge in [-0.25, -0.2) is 12.8 Å². The largest absolute Gasteiger partial charge is 0.284 e. The van der Waals surface area contributed by atoms with Crippen LogP contribution in [0.5, 0.6) is 0 Å². The number of aromatic nitrogens is 1. The number of halogens is 3. The number of carbonyl (C=O) groups excluding carboxylic acids is 1. The summed E-state index contributed by atoms with van der Waals surface area (Å²) in [5.74, 6) is -1.45. The lowest BCUT2D eigenvalue weighted by Gasteiger charge is -2.11. The number of hydrogen-bond donors (Lipinski definition) is 2. The number of nitrogens with zero attached hydrogens (tertiary/aromatic N) is 1. The summed E-state index contributed by atoms with van der Waals surface area (Å²) in [6, 6.07) is 6.38. The quantitative estimate of drug-likeness (QED) is 0.760. The number of hydrazine groups is 1. The fourth-order valence-corrected chi connectivity index (χ4v) is 4.17. The first-order valence-corrected chi connectivity index (χ1v) is 8.34. The van der Waals surface area contributed by atoms with Crippen molar-refractivity contribution in [3.05, 3.63) is 57.5 Å². The van der Waals surface area contributed by atoms with Crippen molar-refractivity contribution in [1.82, 2.24) is 15.2 Å². The van der Waals surface area contributed by atoms with Crippen LogP contribution in [0.25, 0.3) is 0 Å². The Bertz CT molecular complexity index is 795. The lowest BCUT2D eigenvalue weighted by molar-refractivity contribution is 0.0940. The predicted octanol–water partition coefficient (Wildman–Crippen LogP) is 2.26. The summed E-state index contributed by atoms with van der Waals surface area (Å²) in [5, 5.41) is -0.327. The van der Waals surface area contributed by atoms with Crippen molar-refractivity contribution in [2.24, 2.45) is 0 Å². The van der Waals surface area contributed by atoms with Crippen molar-refractivity contribution in [2.75, 3.05) is 0 Å². The molecule has 0 radical (unpaired) electrons. The summed E-state index contributed by atoms with van der Waals surface area (Å²) in [7, 11) is -4.20. The van der Waals surface area contributed by atoms with E-state index in [1.165, 1.54) is 12.3 Å². The van der Waals surface area contributed by atoms with Crippen LogP contribution in [-0.4, -0.2) is 19.3 Å². The van der Waals surface area contributed by atoms with E-state index in [4.69, 9.17) is 11.6 Å². The molecule has 0 aliphatic heterocycles. The maximum Gasteiger partial charge on any atom is 0.284 e. The topological polar surface area (TPSA) is 88.2 Å². The van der Waals surface area contributed by atoms with Gasteiger partial charge in [-0.2, -0.15) is 0 Å². The zero-order valence-electron chi connectivity index (χ0n) is 10.7. The second-order valence-corrected chi connectivity index (χ2v) is 6.85. The minimum Gasteiger partial charge on any atom is -0.272 e. The molecule has 0 spiro atoms. The fourth-order valence-electron chi connectivity index (χ4n) is 1.51. The molecule has 1 amide bonds. The monoisotopic (exact) mass is 407 g/mol. The lowest BCUT2D eigenvalue weighted by atomic mass is 10.3. The smallest absolute Gasteiger partial charge is 0.272 e. The average Bonchev–Trinajstić information content (AvgIpc) is 2.44. The van der Waals surface area contributed by atoms with Crippen molar-refractivity contribution in [3.63, 3.8) is 0 Å². The molecule has 2 rings (SSSR count). The van der Waals surface area contributed by atoms with Gasteiger partial charge in [-0.05, 0) is 40.2 Å². The van der Waals surface area contributed by atoms with E-state index in [1.54, 1.807) is 12.1 Å². The number of amides is 1. The molecule has 0 saturated carbocycles. The molecule has 0 unspecified atom stereocenters. The Kier molecular flexibility index (Phi) is 5.12. The number of pyridine rings is 1. The molecule has 116 valence electrons. The normalized spacial score (nSPS) is 11.2. The van der Waals surface area contributed by atoms with Crippen LogP contribution in [0, 0.1) is 5.82 Å². The van der Waals surface area contributed by atoms with Gasteiger partial charge >= 0.3 is 0 Å². The number of sulfonamides is 1. The molecule has 0 saturated heterocycles. The molecular formula is C12H8BrClFN3O3S. The predicted molar refractivity (Wildman–Crippen MR) is 81.1 cm³/mol. The molecule has 1 heterocycles. The third-order valence-electron chi connectivity index (χ3n) is 2.43. The Morgan fingerprint density at radius 2 is 2.05 bits per heavy atom. The van der Waals surface area contributed by atoms with Crippen molar-refractivity contribution < 1.29 is 17.6 Å². The molecule has 0 fully saturated rings. The second-order valence-electron chi connectivity index (χ2n) is 3.97. The molecule has 22 heavy (non-hydrogen) atoms. The highest BCUT2D eigenvalue weighted by Crippen LogP contribution is 2.30. The summed E-state index contributed by atoms with van der Waals surface area (Å²) < 4.78 is 37.3. The van der Waals surface area contributed by atoms with Gasteiger partial charge in [-0.3, -0.25) is 15.2 Å². The average molecular weight is 409 g/mol. The molecule has 2 aromatic rings. The van der Waals surface area contributed by atoms with E-state index in [2.05, 4.69) is 20.9 Å². The molecule has 1 aromatic heterocycles. The molecule has 0 aliphatic rings. The summed E-state index contributed by atoms with van der Waals surface area (Å²) in [6.45, 7) is 0. The summed E-state index contributed by atoms with van der Waals surface area (Å²) in [4.78, 5) is 17.0. The van der Waals surface area contributed by atoms with Gasteiger partial charge in [-0.15, -0.1) is 4.83 Å². The zero-order chi connectivity index (χ0) is 16.3. The molecule has 10 heteroatoms. The van der Waals surface area contributed by atoms with E-state index in [1.807, 2.05) is 10.3 Å². The summed E-state index contributed by atoms with van der Waals surface area (Å²) in [5.41, 5.74) is 2.02. The fraction of sp³-hybridized carbons (Fsp3) is 0. The standard InChI is InChI=1S/C12H8BrClFN3O3S/c13-8-5-7(15)6-9(14)11(8)22(20,21)18-17-12(19)10-3-1-2-4-16-10/h1-6,18H,(H,17,19). The first-order chi connectivity index (χ1) is 10.3. The molecule has 0 atom stereocenters. The number of benzene rings is 1. The van der Waals surface area contributed by atoms with Crippen LogP contribution in [0.1, 0.15) is 10.5 Å². The van der Waals surface area contributed by atoms with Gasteiger partial charge in [-0.1, -0.05) is 17.7 Å². The van der Waals surface area contributed by atoms with Gasteiger partial charge in [0.2, 0.25) is 0 Å². The zero-order valence-corrected chi connectivity index (χ0v) is 13.8. The van der Waals surface area contributed by atoms with Crippen molar-refractivity contribution >= 4 is 43.5 Å². The van der Waals surface area contributed by atoms with Crippen LogP contribution in [0.2, 0.25) is 5.02 Å². The Morgan fingerprint density at radius 3 is 2.64 bits per heavy atom. The van der Waals surface area contributed by atoms with E-state index in [9.17, 15) is 17.6 Å². The molecule has 0 aliphatic carbocycles.